The fourth-order valence-corrected chi connectivity index (χ4v) is 2.68. The molecule has 0 saturated carbocycles. The number of rotatable bonds is 4. The molecule has 0 bridgehead atoms. The number of pyridine rings is 1. The third-order valence-electron chi connectivity index (χ3n) is 3.90. The van der Waals surface area contributed by atoms with Crippen LogP contribution in [0.4, 0.5) is 0 Å². The summed E-state index contributed by atoms with van der Waals surface area (Å²) in [4.78, 5) is 4.18. The zero-order valence-electron chi connectivity index (χ0n) is 12.0. The molecule has 2 unspecified atom stereocenters. The third-order valence-corrected chi connectivity index (χ3v) is 3.90. The van der Waals surface area contributed by atoms with Crippen molar-refractivity contribution in [3.8, 4) is 5.75 Å². The van der Waals surface area contributed by atoms with E-state index in [0.29, 0.717) is 6.04 Å². The first-order valence-corrected chi connectivity index (χ1v) is 7.15. The number of fused-ring (bicyclic) bond motifs is 1. The first kappa shape index (κ1) is 13.1. The van der Waals surface area contributed by atoms with E-state index in [1.54, 1.807) is 6.20 Å². The zero-order valence-corrected chi connectivity index (χ0v) is 12.0. The molecule has 2 heterocycles. The van der Waals surface area contributed by atoms with Gasteiger partial charge in [-0.05, 0) is 42.7 Å². The summed E-state index contributed by atoms with van der Waals surface area (Å²) in [6.45, 7) is 5.18. The summed E-state index contributed by atoms with van der Waals surface area (Å²) in [5, 5.41) is 3.62. The van der Waals surface area contributed by atoms with Crippen molar-refractivity contribution in [2.75, 3.05) is 6.61 Å². The van der Waals surface area contributed by atoms with Gasteiger partial charge in [-0.3, -0.25) is 4.98 Å². The second-order valence-corrected chi connectivity index (χ2v) is 5.36. The Labute approximate surface area is 120 Å². The number of hydrogen-bond acceptors (Lipinski definition) is 3. The van der Waals surface area contributed by atoms with Crippen LogP contribution >= 0.6 is 0 Å². The average Bonchev–Trinajstić information content (AvgIpc) is 2.95. The van der Waals surface area contributed by atoms with E-state index in [4.69, 9.17) is 4.74 Å². The Morgan fingerprint density at radius 3 is 2.80 bits per heavy atom. The fourth-order valence-electron chi connectivity index (χ4n) is 2.68. The predicted molar refractivity (Wildman–Crippen MR) is 79.8 cm³/mol. The molecule has 3 nitrogen and oxygen atoms in total. The molecule has 1 N–H and O–H groups in total. The molecule has 2 atom stereocenters. The van der Waals surface area contributed by atoms with E-state index < -0.39 is 0 Å². The Morgan fingerprint density at radius 1 is 1.15 bits per heavy atom. The maximum Gasteiger partial charge on any atom is 0.122 e. The van der Waals surface area contributed by atoms with E-state index in [9.17, 15) is 0 Å². The highest BCUT2D eigenvalue weighted by molar-refractivity contribution is 5.40. The summed E-state index contributed by atoms with van der Waals surface area (Å²) in [5.74, 6) is 1.04. The van der Waals surface area contributed by atoms with Crippen molar-refractivity contribution in [2.24, 2.45) is 0 Å². The Bertz CT molecular complexity index is 583. The molecule has 3 rings (SSSR count). The van der Waals surface area contributed by atoms with Crippen molar-refractivity contribution < 1.29 is 4.74 Å². The molecular weight excluding hydrogens is 248 g/mol. The molecule has 1 aromatic carbocycles. The average molecular weight is 268 g/mol. The molecule has 0 spiro atoms. The van der Waals surface area contributed by atoms with Crippen LogP contribution in [0.25, 0.3) is 0 Å². The zero-order chi connectivity index (χ0) is 13.9. The van der Waals surface area contributed by atoms with Crippen LogP contribution in [0.5, 0.6) is 5.75 Å². The molecule has 0 radical (unpaired) electrons. The lowest BCUT2D eigenvalue weighted by Crippen LogP contribution is -2.22. The second kappa shape index (κ2) is 5.63. The monoisotopic (exact) mass is 268 g/mol. The summed E-state index contributed by atoms with van der Waals surface area (Å²) >= 11 is 0. The van der Waals surface area contributed by atoms with Crippen molar-refractivity contribution in [2.45, 2.75) is 32.4 Å². The van der Waals surface area contributed by atoms with Crippen LogP contribution in [-0.2, 0) is 6.42 Å². The maximum absolute atomic E-state index is 5.55. The van der Waals surface area contributed by atoms with Gasteiger partial charge in [-0.1, -0.05) is 18.2 Å². The molecule has 1 aliphatic rings. The highest BCUT2D eigenvalue weighted by Crippen LogP contribution is 2.28. The smallest absolute Gasteiger partial charge is 0.122 e. The first-order chi connectivity index (χ1) is 9.74. The lowest BCUT2D eigenvalue weighted by Gasteiger charge is -2.21. The molecule has 3 heteroatoms. The molecule has 0 amide bonds. The van der Waals surface area contributed by atoms with Crippen molar-refractivity contribution >= 4 is 0 Å². The quantitative estimate of drug-likeness (QED) is 0.922. The van der Waals surface area contributed by atoms with Gasteiger partial charge in [0, 0.05) is 30.9 Å². The van der Waals surface area contributed by atoms with Crippen LogP contribution in [0.15, 0.2) is 42.7 Å². The SMILES string of the molecule is CC(NC(C)c1ccc2c(c1)CCO2)c1cccnc1. The lowest BCUT2D eigenvalue weighted by molar-refractivity contribution is 0.356. The van der Waals surface area contributed by atoms with Crippen LogP contribution < -0.4 is 10.1 Å². The topological polar surface area (TPSA) is 34.1 Å². The van der Waals surface area contributed by atoms with Gasteiger partial charge in [0.15, 0.2) is 0 Å². The Morgan fingerprint density at radius 2 is 2.00 bits per heavy atom. The number of benzene rings is 1. The largest absolute Gasteiger partial charge is 0.493 e. The van der Waals surface area contributed by atoms with Gasteiger partial charge in [0.1, 0.15) is 5.75 Å². The summed E-state index contributed by atoms with van der Waals surface area (Å²) in [6.07, 6.45) is 4.75. The van der Waals surface area contributed by atoms with Gasteiger partial charge >= 0.3 is 0 Å². The highest BCUT2D eigenvalue weighted by atomic mass is 16.5. The van der Waals surface area contributed by atoms with Crippen LogP contribution in [-0.4, -0.2) is 11.6 Å². The van der Waals surface area contributed by atoms with E-state index in [-0.39, 0.29) is 6.04 Å². The standard InChI is InChI=1S/C17H20N2O/c1-12(19-13(2)16-4-3-8-18-11-16)14-5-6-17-15(10-14)7-9-20-17/h3-6,8,10-13,19H,7,9H2,1-2H3. The van der Waals surface area contributed by atoms with Gasteiger partial charge in [0.05, 0.1) is 6.61 Å². The van der Waals surface area contributed by atoms with Crippen LogP contribution in [0.1, 0.15) is 42.6 Å². The molecular formula is C17H20N2O. The Hall–Kier alpha value is -1.87. The molecule has 104 valence electrons. The van der Waals surface area contributed by atoms with Crippen molar-refractivity contribution in [3.05, 3.63) is 59.4 Å². The molecule has 0 saturated heterocycles. The minimum absolute atomic E-state index is 0.281. The molecule has 1 aromatic heterocycles. The molecule has 0 fully saturated rings. The fraction of sp³-hybridized carbons (Fsp3) is 0.353. The van der Waals surface area contributed by atoms with Crippen LogP contribution in [0.3, 0.4) is 0 Å². The number of nitrogens with one attached hydrogen (secondary N) is 1. The highest BCUT2D eigenvalue weighted by Gasteiger charge is 2.16. The van der Waals surface area contributed by atoms with E-state index in [0.717, 1.165) is 18.8 Å². The third kappa shape index (κ3) is 2.68. The molecule has 0 aliphatic carbocycles. The summed E-state index contributed by atoms with van der Waals surface area (Å²) in [7, 11) is 0. The van der Waals surface area contributed by atoms with E-state index >= 15 is 0 Å². The number of aromatic nitrogens is 1. The summed E-state index contributed by atoms with van der Waals surface area (Å²) < 4.78 is 5.55. The van der Waals surface area contributed by atoms with Gasteiger partial charge in [0.25, 0.3) is 0 Å². The lowest BCUT2D eigenvalue weighted by atomic mass is 10.0. The van der Waals surface area contributed by atoms with Crippen molar-refractivity contribution in [1.82, 2.24) is 10.3 Å². The predicted octanol–water partition coefficient (Wildman–Crippen LogP) is 3.43. The second-order valence-electron chi connectivity index (χ2n) is 5.36. The normalized spacial score (nSPS) is 16.3. The molecule has 1 aliphatic heterocycles. The summed E-state index contributed by atoms with van der Waals surface area (Å²) in [5.41, 5.74) is 3.85. The van der Waals surface area contributed by atoms with Gasteiger partial charge in [0.2, 0.25) is 0 Å². The Kier molecular flexibility index (Phi) is 3.70. The van der Waals surface area contributed by atoms with Gasteiger partial charge < -0.3 is 10.1 Å². The Balaban J connectivity index is 1.71. The van der Waals surface area contributed by atoms with Crippen LogP contribution in [0, 0.1) is 0 Å². The molecule has 20 heavy (non-hydrogen) atoms. The van der Waals surface area contributed by atoms with Crippen molar-refractivity contribution in [1.29, 1.82) is 0 Å². The van der Waals surface area contributed by atoms with Crippen molar-refractivity contribution in [3.63, 3.8) is 0 Å². The van der Waals surface area contributed by atoms with E-state index in [2.05, 4.69) is 48.4 Å². The van der Waals surface area contributed by atoms with Gasteiger partial charge in [-0.25, -0.2) is 0 Å². The van der Waals surface area contributed by atoms with Crippen LogP contribution in [0.2, 0.25) is 0 Å². The van der Waals surface area contributed by atoms with Gasteiger partial charge in [-0.15, -0.1) is 0 Å². The van der Waals surface area contributed by atoms with E-state index in [1.165, 1.54) is 16.7 Å². The minimum Gasteiger partial charge on any atom is -0.493 e. The number of hydrogen-bond donors (Lipinski definition) is 1. The van der Waals surface area contributed by atoms with E-state index in [1.807, 2.05) is 12.3 Å². The summed E-state index contributed by atoms with van der Waals surface area (Å²) in [6, 6.07) is 11.2. The maximum atomic E-state index is 5.55. The first-order valence-electron chi connectivity index (χ1n) is 7.15. The minimum atomic E-state index is 0.281. The van der Waals surface area contributed by atoms with Gasteiger partial charge in [-0.2, -0.15) is 0 Å². The molecule has 2 aromatic rings. The number of nitrogens with zero attached hydrogens (tertiary/aromatic N) is 1. The number of ether oxygens (including phenoxy) is 1.